The van der Waals surface area contributed by atoms with Crippen molar-refractivity contribution < 1.29 is 4.79 Å². The Balaban J connectivity index is 1.30. The van der Waals surface area contributed by atoms with Gasteiger partial charge in [0.15, 0.2) is 0 Å². The van der Waals surface area contributed by atoms with E-state index in [9.17, 15) is 4.79 Å². The van der Waals surface area contributed by atoms with Crippen molar-refractivity contribution in [1.29, 1.82) is 0 Å². The lowest BCUT2D eigenvalue weighted by molar-refractivity contribution is -0.128. The van der Waals surface area contributed by atoms with Gasteiger partial charge in [-0.05, 0) is 42.7 Å². The van der Waals surface area contributed by atoms with Gasteiger partial charge in [-0.25, -0.2) is 9.97 Å². The lowest BCUT2D eigenvalue weighted by Crippen LogP contribution is -2.60. The fraction of sp³-hybridized carbons (Fsp3) is 0.304. The zero-order valence-corrected chi connectivity index (χ0v) is 18.7. The molecule has 4 heterocycles. The summed E-state index contributed by atoms with van der Waals surface area (Å²) in [7, 11) is 0. The predicted octanol–water partition coefficient (Wildman–Crippen LogP) is 2.66. The van der Waals surface area contributed by atoms with E-state index in [-0.39, 0.29) is 11.9 Å². The average Bonchev–Trinajstić information content (AvgIpc) is 3.51. The van der Waals surface area contributed by atoms with Gasteiger partial charge in [-0.3, -0.25) is 9.48 Å². The van der Waals surface area contributed by atoms with Crippen LogP contribution in [0.5, 0.6) is 0 Å². The lowest BCUT2D eigenvalue weighted by atomic mass is 9.87. The molecule has 1 fully saturated rings. The maximum absolute atomic E-state index is 13.4. The average molecular weight is 465 g/mol. The second kappa shape index (κ2) is 8.84. The van der Waals surface area contributed by atoms with Crippen LogP contribution in [0.15, 0.2) is 61.3 Å². The van der Waals surface area contributed by atoms with E-state index < -0.39 is 5.54 Å². The third-order valence-corrected chi connectivity index (χ3v) is 6.50. The van der Waals surface area contributed by atoms with Crippen LogP contribution in [-0.4, -0.2) is 49.3 Å². The molecule has 1 aromatic carbocycles. The summed E-state index contributed by atoms with van der Waals surface area (Å²) in [5.41, 5.74) is 7.42. The summed E-state index contributed by atoms with van der Waals surface area (Å²) in [5.74, 6) is 0.699. The minimum absolute atomic E-state index is 0.163. The fourth-order valence-corrected chi connectivity index (χ4v) is 4.41. The number of nitrogens with one attached hydrogen (secondary N) is 2. The van der Waals surface area contributed by atoms with Crippen molar-refractivity contribution in [2.45, 2.75) is 31.0 Å². The van der Waals surface area contributed by atoms with E-state index in [0.717, 1.165) is 22.4 Å². The first-order chi connectivity index (χ1) is 16.0. The van der Waals surface area contributed by atoms with E-state index in [1.807, 2.05) is 48.8 Å². The summed E-state index contributed by atoms with van der Waals surface area (Å²) in [6, 6.07) is 11.0. The van der Waals surface area contributed by atoms with Gasteiger partial charge in [-0.2, -0.15) is 5.10 Å². The van der Waals surface area contributed by atoms with Crippen molar-refractivity contribution in [3.8, 4) is 0 Å². The molecule has 0 saturated carbocycles. The monoisotopic (exact) mass is 464 g/mol. The highest BCUT2D eigenvalue weighted by Crippen LogP contribution is 2.29. The van der Waals surface area contributed by atoms with E-state index in [4.69, 9.17) is 17.3 Å². The SMILES string of the molecule is NC1(C(=O)NC(Cn2cccn2)c2ccc(Cl)cc2)CCN(c2ncnc3[nH]ccc23)CC1. The molecule has 1 aliphatic heterocycles. The second-order valence-electron chi connectivity index (χ2n) is 8.39. The number of aromatic nitrogens is 5. The molecular formula is C23H25ClN8O. The number of nitrogens with zero attached hydrogens (tertiary/aromatic N) is 5. The van der Waals surface area contributed by atoms with Crippen molar-refractivity contribution in [2.75, 3.05) is 18.0 Å². The Kier molecular flexibility index (Phi) is 5.74. The molecule has 33 heavy (non-hydrogen) atoms. The Morgan fingerprint density at radius 1 is 1.21 bits per heavy atom. The zero-order chi connectivity index (χ0) is 22.8. The number of carbonyl (C=O) groups is 1. The standard InChI is InChI=1S/C23H25ClN8O/c24-17-4-2-16(3-5-17)19(14-32-11-1-9-29-32)30-22(33)23(25)7-12-31(13-8-23)21-18-6-10-26-20(18)27-15-28-21/h1-6,9-11,15,19H,7-8,12-14,25H2,(H,30,33)(H,26,27,28). The summed E-state index contributed by atoms with van der Waals surface area (Å²) in [6.45, 7) is 1.76. The molecule has 1 unspecified atom stereocenters. The first-order valence-electron chi connectivity index (χ1n) is 10.9. The van der Waals surface area contributed by atoms with Gasteiger partial charge in [-0.1, -0.05) is 23.7 Å². The number of H-pyrrole nitrogens is 1. The summed E-state index contributed by atoms with van der Waals surface area (Å²) in [6.07, 6.45) is 8.03. The molecule has 0 radical (unpaired) electrons. The highest BCUT2D eigenvalue weighted by molar-refractivity contribution is 6.30. The van der Waals surface area contributed by atoms with Crippen LogP contribution in [0.3, 0.4) is 0 Å². The molecule has 1 aliphatic rings. The van der Waals surface area contributed by atoms with Gasteiger partial charge in [0.25, 0.3) is 0 Å². The number of fused-ring (bicyclic) bond motifs is 1. The predicted molar refractivity (Wildman–Crippen MR) is 127 cm³/mol. The minimum atomic E-state index is -0.963. The third-order valence-electron chi connectivity index (χ3n) is 6.25. The molecule has 9 nitrogen and oxygen atoms in total. The molecule has 4 N–H and O–H groups in total. The lowest BCUT2D eigenvalue weighted by Gasteiger charge is -2.39. The van der Waals surface area contributed by atoms with Crippen molar-refractivity contribution >= 4 is 34.4 Å². The molecular weight excluding hydrogens is 440 g/mol. The van der Waals surface area contributed by atoms with Crippen LogP contribution in [0, 0.1) is 0 Å². The molecule has 1 atom stereocenters. The van der Waals surface area contributed by atoms with Crippen LogP contribution in [0.2, 0.25) is 5.02 Å². The number of aromatic amines is 1. The number of hydrogen-bond donors (Lipinski definition) is 3. The number of piperidine rings is 1. The number of nitrogens with two attached hydrogens (primary N) is 1. The smallest absolute Gasteiger partial charge is 0.240 e. The number of carbonyl (C=O) groups excluding carboxylic acids is 1. The van der Waals surface area contributed by atoms with E-state index in [2.05, 4.69) is 30.3 Å². The Morgan fingerprint density at radius 3 is 2.73 bits per heavy atom. The van der Waals surface area contributed by atoms with E-state index in [1.165, 1.54) is 0 Å². The summed E-state index contributed by atoms with van der Waals surface area (Å²) < 4.78 is 1.79. The number of halogens is 1. The van der Waals surface area contributed by atoms with Crippen LogP contribution < -0.4 is 16.0 Å². The number of anilines is 1. The Hall–Kier alpha value is -3.43. The van der Waals surface area contributed by atoms with Crippen LogP contribution in [-0.2, 0) is 11.3 Å². The molecule has 3 aromatic heterocycles. The molecule has 0 spiro atoms. The molecule has 170 valence electrons. The quantitative estimate of drug-likeness (QED) is 0.403. The number of rotatable bonds is 6. The van der Waals surface area contributed by atoms with Crippen LogP contribution >= 0.6 is 11.6 Å². The topological polar surface area (TPSA) is 118 Å². The van der Waals surface area contributed by atoms with Gasteiger partial charge in [0, 0.05) is 36.7 Å². The van der Waals surface area contributed by atoms with E-state index in [1.54, 1.807) is 17.2 Å². The fourth-order valence-electron chi connectivity index (χ4n) is 4.28. The molecule has 4 aromatic rings. The zero-order valence-electron chi connectivity index (χ0n) is 18.0. The van der Waals surface area contributed by atoms with Gasteiger partial charge in [0.1, 0.15) is 17.8 Å². The normalized spacial score (nSPS) is 16.6. The molecule has 0 aliphatic carbocycles. The summed E-state index contributed by atoms with van der Waals surface area (Å²) in [5, 5.41) is 9.06. The van der Waals surface area contributed by atoms with E-state index >= 15 is 0 Å². The first kappa shape index (κ1) is 21.4. The number of benzene rings is 1. The maximum atomic E-state index is 13.4. The minimum Gasteiger partial charge on any atom is -0.356 e. The molecule has 1 amide bonds. The molecule has 5 rings (SSSR count). The highest BCUT2D eigenvalue weighted by atomic mass is 35.5. The number of hydrogen-bond acceptors (Lipinski definition) is 6. The maximum Gasteiger partial charge on any atom is 0.240 e. The van der Waals surface area contributed by atoms with Gasteiger partial charge in [-0.15, -0.1) is 0 Å². The number of amides is 1. The van der Waals surface area contributed by atoms with Gasteiger partial charge in [0.2, 0.25) is 5.91 Å². The summed E-state index contributed by atoms with van der Waals surface area (Å²) >= 11 is 6.06. The van der Waals surface area contributed by atoms with Crippen LogP contribution in [0.1, 0.15) is 24.4 Å². The summed E-state index contributed by atoms with van der Waals surface area (Å²) in [4.78, 5) is 27.4. The van der Waals surface area contributed by atoms with Gasteiger partial charge in [0.05, 0.1) is 23.5 Å². The van der Waals surface area contributed by atoms with Crippen molar-refractivity contribution in [1.82, 2.24) is 30.0 Å². The van der Waals surface area contributed by atoms with Crippen molar-refractivity contribution in [3.05, 3.63) is 71.9 Å². The first-order valence-corrected chi connectivity index (χ1v) is 11.3. The van der Waals surface area contributed by atoms with Crippen molar-refractivity contribution in [2.24, 2.45) is 5.73 Å². The second-order valence-corrected chi connectivity index (χ2v) is 8.82. The third kappa shape index (κ3) is 4.42. The largest absolute Gasteiger partial charge is 0.356 e. The Bertz CT molecular complexity index is 1230. The Morgan fingerprint density at radius 2 is 2.00 bits per heavy atom. The van der Waals surface area contributed by atoms with Gasteiger partial charge < -0.3 is 20.9 Å². The molecule has 1 saturated heterocycles. The van der Waals surface area contributed by atoms with E-state index in [0.29, 0.717) is 37.5 Å². The Labute approximate surface area is 196 Å². The van der Waals surface area contributed by atoms with Crippen molar-refractivity contribution in [3.63, 3.8) is 0 Å². The molecule has 0 bridgehead atoms. The van der Waals surface area contributed by atoms with Gasteiger partial charge >= 0.3 is 0 Å². The molecule has 10 heteroatoms. The highest BCUT2D eigenvalue weighted by Gasteiger charge is 2.39. The van der Waals surface area contributed by atoms with Crippen LogP contribution in [0.25, 0.3) is 11.0 Å². The van der Waals surface area contributed by atoms with Crippen LogP contribution in [0.4, 0.5) is 5.82 Å².